The summed E-state index contributed by atoms with van der Waals surface area (Å²) in [6.07, 6.45) is 2.37. The largest absolute Gasteiger partial charge is 0.495 e. The summed E-state index contributed by atoms with van der Waals surface area (Å²) in [5.74, 6) is 0.512. The second-order valence-corrected chi connectivity index (χ2v) is 5.87. The van der Waals surface area contributed by atoms with Gasteiger partial charge in [-0.25, -0.2) is 0 Å². The summed E-state index contributed by atoms with van der Waals surface area (Å²) < 4.78 is 12.1. The van der Waals surface area contributed by atoms with Gasteiger partial charge in [-0.15, -0.1) is 0 Å². The molecule has 5 nitrogen and oxygen atoms in total. The molecule has 0 fully saturated rings. The average Bonchev–Trinajstić information content (AvgIpc) is 2.59. The Morgan fingerprint density at radius 2 is 2.04 bits per heavy atom. The highest BCUT2D eigenvalue weighted by Gasteiger charge is 2.16. The van der Waals surface area contributed by atoms with Crippen LogP contribution < -0.4 is 10.3 Å². The van der Waals surface area contributed by atoms with E-state index in [9.17, 15) is 10.1 Å². The number of rotatable bonds is 6. The van der Waals surface area contributed by atoms with Crippen LogP contribution in [0.3, 0.4) is 0 Å². The molecule has 1 aromatic carbocycles. The maximum absolute atomic E-state index is 12.5. The van der Waals surface area contributed by atoms with E-state index in [-0.39, 0.29) is 11.6 Å². The Bertz CT molecular complexity index is 824. The zero-order valence-corrected chi connectivity index (χ0v) is 14.6. The van der Waals surface area contributed by atoms with Crippen molar-refractivity contribution in [2.45, 2.75) is 19.4 Å². The van der Waals surface area contributed by atoms with E-state index in [0.717, 1.165) is 0 Å². The lowest BCUT2D eigenvalue weighted by Gasteiger charge is -2.18. The van der Waals surface area contributed by atoms with Crippen LogP contribution in [-0.4, -0.2) is 25.4 Å². The van der Waals surface area contributed by atoms with Gasteiger partial charge in [0.1, 0.15) is 5.75 Å². The van der Waals surface area contributed by atoms with Gasteiger partial charge in [0.25, 0.3) is 5.56 Å². The predicted molar refractivity (Wildman–Crippen MR) is 93.6 cm³/mol. The van der Waals surface area contributed by atoms with Gasteiger partial charge in [-0.05, 0) is 31.5 Å². The van der Waals surface area contributed by atoms with Crippen molar-refractivity contribution in [1.29, 1.82) is 5.26 Å². The number of hydrogen-bond donors (Lipinski definition) is 0. The molecule has 0 spiro atoms. The van der Waals surface area contributed by atoms with E-state index < -0.39 is 0 Å². The van der Waals surface area contributed by atoms with Crippen molar-refractivity contribution >= 4 is 11.6 Å². The van der Waals surface area contributed by atoms with Crippen molar-refractivity contribution in [3.05, 3.63) is 51.4 Å². The first-order valence-corrected chi connectivity index (χ1v) is 7.88. The molecule has 2 aromatic rings. The first kappa shape index (κ1) is 18.1. The monoisotopic (exact) mass is 346 g/mol. The maximum Gasteiger partial charge on any atom is 0.251 e. The fourth-order valence-corrected chi connectivity index (χ4v) is 2.68. The standard InChI is InChI=1S/C18H19ClN2O3/c1-12(6-7-23-2)21-11-17(24-3)16(9-18(21)22)15-8-14(19)5-4-13(15)10-20/h4-5,8-9,11-12H,6-7H2,1-3H3. The Labute approximate surface area is 146 Å². The minimum absolute atomic E-state index is 0.0322. The summed E-state index contributed by atoms with van der Waals surface area (Å²) in [5.41, 5.74) is 1.40. The summed E-state index contributed by atoms with van der Waals surface area (Å²) in [7, 11) is 3.16. The summed E-state index contributed by atoms with van der Waals surface area (Å²) in [5, 5.41) is 9.80. The third-order valence-corrected chi connectivity index (χ3v) is 4.11. The zero-order valence-electron chi connectivity index (χ0n) is 13.9. The van der Waals surface area contributed by atoms with E-state index in [2.05, 4.69) is 6.07 Å². The molecule has 1 heterocycles. The van der Waals surface area contributed by atoms with Crippen molar-refractivity contribution in [1.82, 2.24) is 4.57 Å². The van der Waals surface area contributed by atoms with Crippen molar-refractivity contribution in [3.63, 3.8) is 0 Å². The van der Waals surface area contributed by atoms with Crippen LogP contribution in [0.4, 0.5) is 0 Å². The molecule has 0 aliphatic rings. The second kappa shape index (κ2) is 8.00. The van der Waals surface area contributed by atoms with Gasteiger partial charge in [0, 0.05) is 42.0 Å². The first-order valence-electron chi connectivity index (χ1n) is 7.51. The number of aromatic nitrogens is 1. The summed E-state index contributed by atoms with van der Waals surface area (Å²) >= 11 is 6.05. The molecule has 126 valence electrons. The molecule has 0 radical (unpaired) electrons. The van der Waals surface area contributed by atoms with Crippen molar-refractivity contribution in [2.24, 2.45) is 0 Å². The van der Waals surface area contributed by atoms with E-state index >= 15 is 0 Å². The molecule has 0 N–H and O–H groups in total. The van der Waals surface area contributed by atoms with Gasteiger partial charge in [0.2, 0.25) is 0 Å². The van der Waals surface area contributed by atoms with Gasteiger partial charge < -0.3 is 14.0 Å². The lowest BCUT2D eigenvalue weighted by Crippen LogP contribution is -2.23. The average molecular weight is 347 g/mol. The highest BCUT2D eigenvalue weighted by Crippen LogP contribution is 2.33. The van der Waals surface area contributed by atoms with Crippen molar-refractivity contribution < 1.29 is 9.47 Å². The first-order chi connectivity index (χ1) is 11.5. The van der Waals surface area contributed by atoms with Crippen LogP contribution in [0, 0.1) is 11.3 Å². The number of hydrogen-bond acceptors (Lipinski definition) is 4. The van der Waals surface area contributed by atoms with E-state index in [1.165, 1.54) is 13.2 Å². The second-order valence-electron chi connectivity index (χ2n) is 5.43. The van der Waals surface area contributed by atoms with Gasteiger partial charge in [-0.1, -0.05) is 11.6 Å². The van der Waals surface area contributed by atoms with Gasteiger partial charge in [0.15, 0.2) is 0 Å². The Balaban J connectivity index is 2.58. The topological polar surface area (TPSA) is 64.2 Å². The molecule has 1 aromatic heterocycles. The Kier molecular flexibility index (Phi) is 6.02. The fourth-order valence-electron chi connectivity index (χ4n) is 2.51. The minimum atomic E-state index is -0.168. The molecular weight excluding hydrogens is 328 g/mol. The number of halogens is 1. The lowest BCUT2D eigenvalue weighted by molar-refractivity contribution is 0.180. The Morgan fingerprint density at radius 3 is 2.67 bits per heavy atom. The van der Waals surface area contributed by atoms with Crippen LogP contribution in [0.2, 0.25) is 5.02 Å². The molecule has 0 aliphatic carbocycles. The summed E-state index contributed by atoms with van der Waals surface area (Å²) in [6.45, 7) is 2.50. The molecule has 2 rings (SSSR count). The van der Waals surface area contributed by atoms with Crippen LogP contribution in [0.5, 0.6) is 5.75 Å². The zero-order chi connectivity index (χ0) is 17.7. The van der Waals surface area contributed by atoms with Crippen molar-refractivity contribution in [3.8, 4) is 22.9 Å². The molecule has 0 bridgehead atoms. The van der Waals surface area contributed by atoms with Crippen LogP contribution in [0.15, 0.2) is 35.3 Å². The molecule has 0 saturated carbocycles. The van der Waals surface area contributed by atoms with Gasteiger partial charge in [-0.2, -0.15) is 5.26 Å². The number of methoxy groups -OCH3 is 2. The predicted octanol–water partition coefficient (Wildman–Crippen LogP) is 3.65. The number of ether oxygens (including phenoxy) is 2. The van der Waals surface area contributed by atoms with E-state index in [0.29, 0.717) is 40.5 Å². The van der Waals surface area contributed by atoms with E-state index in [1.807, 2.05) is 6.92 Å². The SMILES string of the molecule is COCCC(C)n1cc(OC)c(-c2cc(Cl)ccc2C#N)cc1=O. The van der Waals surface area contributed by atoms with Crippen LogP contribution >= 0.6 is 11.6 Å². The molecule has 1 unspecified atom stereocenters. The molecule has 0 saturated heterocycles. The normalized spacial score (nSPS) is 11.8. The van der Waals surface area contributed by atoms with Gasteiger partial charge in [0.05, 0.1) is 24.9 Å². The van der Waals surface area contributed by atoms with Crippen LogP contribution in [0.25, 0.3) is 11.1 Å². The number of nitriles is 1. The third-order valence-electron chi connectivity index (χ3n) is 3.87. The number of pyridine rings is 1. The van der Waals surface area contributed by atoms with Gasteiger partial charge >= 0.3 is 0 Å². The fraction of sp³-hybridized carbons (Fsp3) is 0.333. The number of nitrogens with zero attached hydrogens (tertiary/aromatic N) is 2. The highest BCUT2D eigenvalue weighted by atomic mass is 35.5. The minimum Gasteiger partial charge on any atom is -0.495 e. The van der Waals surface area contributed by atoms with Gasteiger partial charge in [-0.3, -0.25) is 4.79 Å². The molecule has 6 heteroatoms. The molecular formula is C18H19ClN2O3. The lowest BCUT2D eigenvalue weighted by atomic mass is 10.0. The molecule has 24 heavy (non-hydrogen) atoms. The summed E-state index contributed by atoms with van der Waals surface area (Å²) in [6, 6.07) is 8.50. The maximum atomic E-state index is 12.5. The Morgan fingerprint density at radius 1 is 1.29 bits per heavy atom. The molecule has 0 aliphatic heterocycles. The van der Waals surface area contributed by atoms with Crippen LogP contribution in [-0.2, 0) is 4.74 Å². The number of benzene rings is 1. The van der Waals surface area contributed by atoms with E-state index in [1.54, 1.807) is 36.1 Å². The highest BCUT2D eigenvalue weighted by molar-refractivity contribution is 6.31. The molecule has 0 amide bonds. The van der Waals surface area contributed by atoms with Crippen molar-refractivity contribution in [2.75, 3.05) is 20.8 Å². The van der Waals surface area contributed by atoms with Crippen LogP contribution in [0.1, 0.15) is 24.9 Å². The summed E-state index contributed by atoms with van der Waals surface area (Å²) in [4.78, 5) is 12.5. The molecule has 1 atom stereocenters. The Hall–Kier alpha value is -2.29. The smallest absolute Gasteiger partial charge is 0.251 e. The third kappa shape index (κ3) is 3.78. The quantitative estimate of drug-likeness (QED) is 0.801. The van der Waals surface area contributed by atoms with E-state index in [4.69, 9.17) is 21.1 Å².